The van der Waals surface area contributed by atoms with E-state index in [4.69, 9.17) is 4.98 Å². The van der Waals surface area contributed by atoms with E-state index >= 15 is 0 Å². The molecule has 0 bridgehead atoms. The predicted molar refractivity (Wildman–Crippen MR) is 161 cm³/mol. The number of urea groups is 1. The van der Waals surface area contributed by atoms with Gasteiger partial charge in [0, 0.05) is 82.1 Å². The summed E-state index contributed by atoms with van der Waals surface area (Å²) in [6, 6.07) is 12.2. The maximum absolute atomic E-state index is 13.2. The van der Waals surface area contributed by atoms with E-state index in [1.165, 1.54) is 5.56 Å². The summed E-state index contributed by atoms with van der Waals surface area (Å²) in [5.74, 6) is 2.29. The molecule has 0 saturated carbocycles. The summed E-state index contributed by atoms with van der Waals surface area (Å²) in [5.41, 5.74) is 1.86. The molecule has 7 rings (SSSR count). The van der Waals surface area contributed by atoms with Crippen LogP contribution >= 0.6 is 0 Å². The van der Waals surface area contributed by atoms with Gasteiger partial charge in [0.25, 0.3) is 5.56 Å². The highest BCUT2D eigenvalue weighted by molar-refractivity contribution is 5.78. The van der Waals surface area contributed by atoms with Crippen LogP contribution in [0.2, 0.25) is 0 Å². The van der Waals surface area contributed by atoms with E-state index in [1.54, 1.807) is 23.0 Å². The van der Waals surface area contributed by atoms with Gasteiger partial charge in [0.05, 0.1) is 5.54 Å². The van der Waals surface area contributed by atoms with Crippen molar-refractivity contribution in [3.05, 3.63) is 82.9 Å². The number of imidazole rings is 1. The molecule has 3 aliphatic rings. The molecular formula is C31H37N9O2. The third kappa shape index (κ3) is 4.66. The summed E-state index contributed by atoms with van der Waals surface area (Å²) in [6.45, 7) is 8.94. The molecule has 0 radical (unpaired) electrons. The maximum Gasteiger partial charge on any atom is 0.318 e. The molecule has 0 aliphatic carbocycles. The molecule has 0 unspecified atom stereocenters. The van der Waals surface area contributed by atoms with Crippen LogP contribution in [0.4, 0.5) is 16.4 Å². The number of carbonyl (C=O) groups is 1. The zero-order valence-electron chi connectivity index (χ0n) is 24.2. The van der Waals surface area contributed by atoms with Crippen molar-refractivity contribution in [1.82, 2.24) is 34.1 Å². The molecule has 11 nitrogen and oxygen atoms in total. The Hall–Kier alpha value is -4.41. The first kappa shape index (κ1) is 26.5. The number of piperidine rings is 1. The molecule has 42 heavy (non-hydrogen) atoms. The lowest BCUT2D eigenvalue weighted by Gasteiger charge is -2.39. The van der Waals surface area contributed by atoms with Gasteiger partial charge in [-0.05, 0) is 31.7 Å². The van der Waals surface area contributed by atoms with Gasteiger partial charge >= 0.3 is 6.03 Å². The van der Waals surface area contributed by atoms with Gasteiger partial charge in [-0.2, -0.15) is 0 Å². The Morgan fingerprint density at radius 3 is 2.40 bits per heavy atom. The minimum atomic E-state index is -0.267. The summed E-state index contributed by atoms with van der Waals surface area (Å²) in [5, 5.41) is 3.27. The first-order valence-corrected chi connectivity index (χ1v) is 14.8. The zero-order valence-corrected chi connectivity index (χ0v) is 24.2. The first-order chi connectivity index (χ1) is 20.3. The lowest BCUT2D eigenvalue weighted by Crippen LogP contribution is -2.52. The van der Waals surface area contributed by atoms with E-state index in [1.807, 2.05) is 34.7 Å². The number of anilines is 2. The van der Waals surface area contributed by atoms with Crippen LogP contribution in [0.3, 0.4) is 0 Å². The Labute approximate surface area is 244 Å². The van der Waals surface area contributed by atoms with E-state index < -0.39 is 0 Å². The Balaban J connectivity index is 0.982. The molecular weight excluding hydrogens is 530 g/mol. The topological polar surface area (TPSA) is 104 Å². The fraction of sp³-hybridized carbons (Fsp3) is 0.452. The number of benzene rings is 1. The van der Waals surface area contributed by atoms with Crippen LogP contribution in [-0.2, 0) is 12.0 Å². The predicted octanol–water partition coefficient (Wildman–Crippen LogP) is 2.83. The van der Waals surface area contributed by atoms with Crippen molar-refractivity contribution in [2.45, 2.75) is 50.6 Å². The number of hydrogen-bond donors (Lipinski definition) is 1. The molecule has 3 saturated heterocycles. The van der Waals surface area contributed by atoms with Crippen molar-refractivity contribution in [3.63, 3.8) is 0 Å². The van der Waals surface area contributed by atoms with Crippen LogP contribution in [-0.4, -0.2) is 79.7 Å². The molecule has 6 heterocycles. The summed E-state index contributed by atoms with van der Waals surface area (Å²) in [4.78, 5) is 46.4. The monoisotopic (exact) mass is 567 g/mol. The van der Waals surface area contributed by atoms with Gasteiger partial charge < -0.3 is 24.4 Å². The maximum atomic E-state index is 13.2. The highest BCUT2D eigenvalue weighted by atomic mass is 16.2. The van der Waals surface area contributed by atoms with Gasteiger partial charge in [-0.15, -0.1) is 0 Å². The SMILES string of the molecule is Cc1nc(N2CC[C@@](C)(c3ccccc3)C2)cc(=O)n1CCN1CC2(CCN(c3nccn4ccnc34)CC2)NC1=O. The fourth-order valence-corrected chi connectivity index (χ4v) is 6.95. The normalized spacial score (nSPS) is 22.0. The van der Waals surface area contributed by atoms with Crippen molar-refractivity contribution in [2.75, 3.05) is 49.1 Å². The van der Waals surface area contributed by atoms with Crippen LogP contribution in [0, 0.1) is 6.92 Å². The molecule has 1 N–H and O–H groups in total. The van der Waals surface area contributed by atoms with Crippen molar-refractivity contribution in [1.29, 1.82) is 0 Å². The summed E-state index contributed by atoms with van der Waals surface area (Å²) < 4.78 is 3.66. The van der Waals surface area contributed by atoms with Crippen LogP contribution in [0.15, 0.2) is 66.0 Å². The molecule has 1 aromatic carbocycles. The molecule has 1 atom stereocenters. The molecule has 11 heteroatoms. The van der Waals surface area contributed by atoms with Crippen LogP contribution in [0.25, 0.3) is 5.65 Å². The van der Waals surface area contributed by atoms with Crippen LogP contribution in [0.1, 0.15) is 37.6 Å². The lowest BCUT2D eigenvalue weighted by atomic mass is 9.82. The van der Waals surface area contributed by atoms with E-state index in [0.29, 0.717) is 25.5 Å². The molecule has 3 aliphatic heterocycles. The van der Waals surface area contributed by atoms with Gasteiger partial charge in [-0.3, -0.25) is 9.36 Å². The van der Waals surface area contributed by atoms with Gasteiger partial charge in [0.1, 0.15) is 11.6 Å². The largest absolute Gasteiger partial charge is 0.355 e. The number of hydrogen-bond acceptors (Lipinski definition) is 7. The number of carbonyl (C=O) groups excluding carboxylic acids is 1. The molecule has 2 amide bonds. The van der Waals surface area contributed by atoms with Crippen molar-refractivity contribution >= 4 is 23.3 Å². The molecule has 218 valence electrons. The molecule has 3 fully saturated rings. The lowest BCUT2D eigenvalue weighted by molar-refractivity contribution is 0.215. The fourth-order valence-electron chi connectivity index (χ4n) is 6.95. The minimum absolute atomic E-state index is 0.0318. The number of fused-ring (bicyclic) bond motifs is 1. The van der Waals surface area contributed by atoms with Crippen molar-refractivity contribution in [3.8, 4) is 0 Å². The van der Waals surface area contributed by atoms with Gasteiger partial charge in [0.15, 0.2) is 11.5 Å². The Bertz CT molecular complexity index is 1670. The smallest absolute Gasteiger partial charge is 0.318 e. The van der Waals surface area contributed by atoms with E-state index in [9.17, 15) is 9.59 Å². The Morgan fingerprint density at radius 1 is 0.905 bits per heavy atom. The number of rotatable bonds is 6. The standard InChI is InChI=1S/C31H37N9O2/c1-23-34-25(38-13-8-30(2,21-38)24-6-4-3-5-7-24)20-26(41)40(23)19-18-39-22-31(35-29(39)42)9-14-36(15-10-31)27-28-33-12-17-37(28)16-11-32-27/h3-7,11-12,16-17,20H,8-10,13-15,18-19,21-22H2,1-2H3,(H,35,42)/t30-/m1/s1. The third-order valence-corrected chi connectivity index (χ3v) is 9.51. The minimum Gasteiger partial charge on any atom is -0.355 e. The Kier molecular flexibility index (Phi) is 6.40. The molecule has 4 aromatic rings. The van der Waals surface area contributed by atoms with E-state index in [-0.39, 0.29) is 22.5 Å². The third-order valence-electron chi connectivity index (χ3n) is 9.51. The number of nitrogens with zero attached hydrogens (tertiary/aromatic N) is 8. The number of amides is 2. The van der Waals surface area contributed by atoms with Crippen molar-refractivity contribution in [2.24, 2.45) is 0 Å². The summed E-state index contributed by atoms with van der Waals surface area (Å²) >= 11 is 0. The van der Waals surface area contributed by atoms with Crippen molar-refractivity contribution < 1.29 is 4.79 Å². The molecule has 3 aromatic heterocycles. The number of nitrogens with one attached hydrogen (secondary N) is 1. The second-order valence-electron chi connectivity index (χ2n) is 12.3. The average Bonchev–Trinajstić information content (AvgIpc) is 3.71. The zero-order chi connectivity index (χ0) is 28.9. The summed E-state index contributed by atoms with van der Waals surface area (Å²) in [7, 11) is 0. The van der Waals surface area contributed by atoms with Crippen LogP contribution in [0.5, 0.6) is 0 Å². The highest BCUT2D eigenvalue weighted by Crippen LogP contribution is 2.36. The molecule has 1 spiro atoms. The average molecular weight is 568 g/mol. The number of aromatic nitrogens is 5. The van der Waals surface area contributed by atoms with Gasteiger partial charge in [-0.1, -0.05) is 37.3 Å². The van der Waals surface area contributed by atoms with E-state index in [2.05, 4.69) is 56.3 Å². The van der Waals surface area contributed by atoms with Gasteiger partial charge in [0.2, 0.25) is 0 Å². The van der Waals surface area contributed by atoms with Gasteiger partial charge in [-0.25, -0.2) is 19.7 Å². The summed E-state index contributed by atoms with van der Waals surface area (Å²) in [6.07, 6.45) is 10.1. The number of aryl methyl sites for hydroxylation is 1. The quantitative estimate of drug-likeness (QED) is 0.382. The first-order valence-electron chi connectivity index (χ1n) is 14.8. The highest BCUT2D eigenvalue weighted by Gasteiger charge is 2.44. The Morgan fingerprint density at radius 2 is 1.64 bits per heavy atom. The van der Waals surface area contributed by atoms with Crippen LogP contribution < -0.4 is 20.7 Å². The van der Waals surface area contributed by atoms with E-state index in [0.717, 1.165) is 62.7 Å². The second-order valence-corrected chi connectivity index (χ2v) is 12.3. The second kappa shape index (κ2) is 10.1.